The van der Waals surface area contributed by atoms with E-state index < -0.39 is 0 Å². The third-order valence-corrected chi connectivity index (χ3v) is 14.5. The Hall–Kier alpha value is -1.60. The van der Waals surface area contributed by atoms with E-state index in [-0.39, 0.29) is 0 Å². The molecular formula is C41H55N. The zero-order chi connectivity index (χ0) is 28.6. The summed E-state index contributed by atoms with van der Waals surface area (Å²) >= 11 is 0. The molecule has 1 aliphatic heterocycles. The first-order valence-electron chi connectivity index (χ1n) is 17.9. The predicted octanol–water partition coefficient (Wildman–Crippen LogP) is 10.1. The monoisotopic (exact) mass is 561 g/mol. The molecule has 0 radical (unpaired) electrons. The molecule has 224 valence electrons. The fraction of sp³-hybridized carbons (Fsp3) is 0.707. The summed E-state index contributed by atoms with van der Waals surface area (Å²) in [7, 11) is 0. The fourth-order valence-corrected chi connectivity index (χ4v) is 15.3. The molecule has 4 unspecified atom stereocenters. The van der Waals surface area contributed by atoms with Crippen molar-refractivity contribution in [2.24, 2.45) is 33.5 Å². The molecule has 1 heterocycles. The number of benzene rings is 2. The molecular weight excluding hydrogens is 506 g/mol. The normalized spacial score (nSPS) is 49.1. The minimum Gasteiger partial charge on any atom is -0.313 e. The highest BCUT2D eigenvalue weighted by Crippen LogP contribution is 2.71. The summed E-state index contributed by atoms with van der Waals surface area (Å²) in [5.41, 5.74) is 9.49. The topological polar surface area (TPSA) is 12.0 Å². The van der Waals surface area contributed by atoms with Crippen LogP contribution in [-0.2, 0) is 10.8 Å². The van der Waals surface area contributed by atoms with Gasteiger partial charge in [0.2, 0.25) is 0 Å². The Balaban J connectivity index is 1.03. The Labute approximate surface area is 256 Å². The Morgan fingerprint density at radius 1 is 0.548 bits per heavy atom. The zero-order valence-electron chi connectivity index (χ0n) is 27.0. The summed E-state index contributed by atoms with van der Waals surface area (Å²) < 4.78 is 0. The minimum atomic E-state index is 0.426. The van der Waals surface area contributed by atoms with E-state index in [1.54, 1.807) is 11.1 Å². The van der Waals surface area contributed by atoms with Crippen molar-refractivity contribution < 1.29 is 0 Å². The molecule has 11 rings (SSSR count). The highest BCUT2D eigenvalue weighted by atomic mass is 14.9. The maximum atomic E-state index is 3.92. The quantitative estimate of drug-likeness (QED) is 0.383. The highest BCUT2D eigenvalue weighted by Gasteiger charge is 2.61. The van der Waals surface area contributed by atoms with Gasteiger partial charge in [-0.1, -0.05) is 76.2 Å². The van der Waals surface area contributed by atoms with Crippen LogP contribution in [0.3, 0.4) is 0 Å². The molecule has 1 N–H and O–H groups in total. The first-order valence-corrected chi connectivity index (χ1v) is 17.9. The maximum absolute atomic E-state index is 3.92. The maximum Gasteiger partial charge on any atom is 0.0243 e. The van der Waals surface area contributed by atoms with Gasteiger partial charge in [-0.15, -0.1) is 0 Å². The lowest BCUT2D eigenvalue weighted by Gasteiger charge is -2.65. The molecule has 5 atom stereocenters. The second-order valence-electron chi connectivity index (χ2n) is 19.2. The summed E-state index contributed by atoms with van der Waals surface area (Å²) in [5.74, 6) is 2.35. The molecule has 8 bridgehead atoms. The summed E-state index contributed by atoms with van der Waals surface area (Å²) in [6.45, 7) is 11.6. The van der Waals surface area contributed by atoms with Gasteiger partial charge in [0.25, 0.3) is 0 Å². The standard InChI is InChI=1S/C41H55N/c1-36-16-28-17-37(2,22-36)25-40(20-28,24-36)32-11-7-30(8-12-32)35(34-6-5-15-42-34)31-9-13-33(14-10-31)41-21-29-18-38(3,26-41)23-39(4,19-29)27-41/h7-14,28-29,34-35,42H,5-6,15-27H2,1-4H3/t28?,29?,34-,35?,36?,37?,38?,39?,40?,41?/m1/s1. The van der Waals surface area contributed by atoms with Gasteiger partial charge >= 0.3 is 0 Å². The molecule has 9 fully saturated rings. The predicted molar refractivity (Wildman–Crippen MR) is 174 cm³/mol. The van der Waals surface area contributed by atoms with E-state index in [1.807, 2.05) is 0 Å². The van der Waals surface area contributed by atoms with E-state index in [4.69, 9.17) is 0 Å². The van der Waals surface area contributed by atoms with Crippen LogP contribution in [0.1, 0.15) is 146 Å². The molecule has 8 aliphatic carbocycles. The van der Waals surface area contributed by atoms with Gasteiger partial charge in [0.1, 0.15) is 0 Å². The van der Waals surface area contributed by atoms with Gasteiger partial charge in [0.05, 0.1) is 0 Å². The largest absolute Gasteiger partial charge is 0.313 e. The second kappa shape index (κ2) is 8.56. The average Bonchev–Trinajstić information content (AvgIpc) is 3.40. The van der Waals surface area contributed by atoms with Crippen LogP contribution in [0.2, 0.25) is 0 Å². The highest BCUT2D eigenvalue weighted by molar-refractivity contribution is 5.42. The van der Waals surface area contributed by atoms with Gasteiger partial charge < -0.3 is 5.32 Å². The van der Waals surface area contributed by atoms with E-state index in [2.05, 4.69) is 81.5 Å². The van der Waals surface area contributed by atoms with Gasteiger partial charge in [-0.3, -0.25) is 0 Å². The lowest BCUT2D eigenvalue weighted by molar-refractivity contribution is -0.110. The van der Waals surface area contributed by atoms with Gasteiger partial charge in [0, 0.05) is 12.0 Å². The minimum absolute atomic E-state index is 0.426. The average molecular weight is 562 g/mol. The van der Waals surface area contributed by atoms with E-state index in [1.165, 1.54) is 108 Å². The second-order valence-corrected chi connectivity index (χ2v) is 19.2. The lowest BCUT2D eigenvalue weighted by atomic mass is 9.39. The Morgan fingerprint density at radius 2 is 0.952 bits per heavy atom. The SMILES string of the molecule is CC12CC3CC(C)(C1)CC(c1ccc(C(c4ccc(C56CC7CC(C)(CC(C)(C7)C5)C6)cc4)[C@H]4CCCN4)cc1)(C3)C2. The molecule has 0 aromatic heterocycles. The third-order valence-electron chi connectivity index (χ3n) is 14.5. The molecule has 8 saturated carbocycles. The molecule has 2 aromatic carbocycles. The lowest BCUT2D eigenvalue weighted by Crippen LogP contribution is -2.56. The van der Waals surface area contributed by atoms with Gasteiger partial charge in [-0.2, -0.15) is 0 Å². The summed E-state index contributed by atoms with van der Waals surface area (Å²) in [5, 5.41) is 3.92. The molecule has 0 spiro atoms. The van der Waals surface area contributed by atoms with Gasteiger partial charge in [0.15, 0.2) is 0 Å². The number of nitrogens with one attached hydrogen (secondary N) is 1. The van der Waals surface area contributed by atoms with Crippen molar-refractivity contribution in [3.63, 3.8) is 0 Å². The summed E-state index contributed by atoms with van der Waals surface area (Å²) in [6.07, 6.45) is 20.0. The first-order chi connectivity index (χ1) is 20.0. The Bertz CT molecular complexity index is 1240. The summed E-state index contributed by atoms with van der Waals surface area (Å²) in [4.78, 5) is 0. The van der Waals surface area contributed by atoms with Crippen LogP contribution in [0.5, 0.6) is 0 Å². The van der Waals surface area contributed by atoms with Crippen LogP contribution in [0.15, 0.2) is 48.5 Å². The number of hydrogen-bond acceptors (Lipinski definition) is 1. The molecule has 42 heavy (non-hydrogen) atoms. The van der Waals surface area contributed by atoms with E-state index in [9.17, 15) is 0 Å². The van der Waals surface area contributed by atoms with Crippen molar-refractivity contribution in [2.45, 2.75) is 140 Å². The molecule has 1 saturated heterocycles. The zero-order valence-corrected chi connectivity index (χ0v) is 27.0. The first kappa shape index (κ1) is 26.8. The number of hydrogen-bond donors (Lipinski definition) is 1. The Kier molecular flexibility index (Phi) is 5.45. The molecule has 9 aliphatic rings. The summed E-state index contributed by atoms with van der Waals surface area (Å²) in [6, 6.07) is 21.1. The third kappa shape index (κ3) is 4.03. The van der Waals surface area contributed by atoms with Crippen LogP contribution in [0, 0.1) is 33.5 Å². The van der Waals surface area contributed by atoms with Crippen molar-refractivity contribution in [3.8, 4) is 0 Å². The fourth-order valence-electron chi connectivity index (χ4n) is 15.3. The van der Waals surface area contributed by atoms with Crippen LogP contribution >= 0.6 is 0 Å². The van der Waals surface area contributed by atoms with Gasteiger partial charge in [-0.05, 0) is 163 Å². The van der Waals surface area contributed by atoms with Crippen molar-refractivity contribution in [1.29, 1.82) is 0 Å². The molecule has 0 amide bonds. The van der Waals surface area contributed by atoms with Crippen molar-refractivity contribution in [3.05, 3.63) is 70.8 Å². The number of rotatable bonds is 5. The van der Waals surface area contributed by atoms with E-state index in [0.717, 1.165) is 11.8 Å². The smallest absolute Gasteiger partial charge is 0.0243 e. The van der Waals surface area contributed by atoms with Crippen LogP contribution in [-0.4, -0.2) is 12.6 Å². The van der Waals surface area contributed by atoms with Crippen molar-refractivity contribution in [1.82, 2.24) is 5.32 Å². The van der Waals surface area contributed by atoms with E-state index >= 15 is 0 Å². The Morgan fingerprint density at radius 3 is 1.29 bits per heavy atom. The molecule has 2 aromatic rings. The van der Waals surface area contributed by atoms with E-state index in [0.29, 0.717) is 44.4 Å². The molecule has 1 nitrogen and oxygen atoms in total. The van der Waals surface area contributed by atoms with Gasteiger partial charge in [-0.25, -0.2) is 0 Å². The van der Waals surface area contributed by atoms with Crippen LogP contribution in [0.25, 0.3) is 0 Å². The van der Waals surface area contributed by atoms with Crippen LogP contribution < -0.4 is 5.32 Å². The van der Waals surface area contributed by atoms with Crippen molar-refractivity contribution in [2.75, 3.05) is 6.54 Å². The molecule has 1 heteroatoms. The van der Waals surface area contributed by atoms with Crippen LogP contribution in [0.4, 0.5) is 0 Å². The van der Waals surface area contributed by atoms with Crippen molar-refractivity contribution >= 4 is 0 Å².